The molecule has 0 saturated heterocycles. The molecular formula is C23H29NO9. The second-order valence-corrected chi connectivity index (χ2v) is 8.37. The fourth-order valence-corrected chi connectivity index (χ4v) is 3.77. The number of nitrogens with zero attached hydrogens (tertiary/aromatic N) is 1. The van der Waals surface area contributed by atoms with E-state index in [1.807, 2.05) is 19.9 Å². The molecular weight excluding hydrogens is 434 g/mol. The second kappa shape index (κ2) is 9.62. The van der Waals surface area contributed by atoms with Crippen LogP contribution in [0.25, 0.3) is 21.9 Å². The van der Waals surface area contributed by atoms with E-state index >= 15 is 0 Å². The third-order valence-electron chi connectivity index (χ3n) is 6.12. The Morgan fingerprint density at radius 2 is 1.52 bits per heavy atom. The van der Waals surface area contributed by atoms with Gasteiger partial charge in [-0.15, -0.1) is 0 Å². The highest BCUT2D eigenvalue weighted by Gasteiger charge is 2.31. The molecule has 3 rings (SSSR count). The van der Waals surface area contributed by atoms with Crippen molar-refractivity contribution < 1.29 is 39.2 Å². The molecule has 180 valence electrons. The van der Waals surface area contributed by atoms with Gasteiger partial charge in [0.05, 0.1) is 18.6 Å². The van der Waals surface area contributed by atoms with Crippen LogP contribution < -0.4 is 5.63 Å². The third-order valence-corrected chi connectivity index (χ3v) is 6.12. The fourth-order valence-electron chi connectivity index (χ4n) is 3.77. The van der Waals surface area contributed by atoms with E-state index in [2.05, 4.69) is 0 Å². The van der Waals surface area contributed by atoms with Crippen molar-refractivity contribution in [3.8, 4) is 0 Å². The van der Waals surface area contributed by atoms with Gasteiger partial charge in [0.25, 0.3) is 0 Å². The highest BCUT2D eigenvalue weighted by molar-refractivity contribution is 5.97. The van der Waals surface area contributed by atoms with E-state index in [1.54, 1.807) is 13.0 Å². The van der Waals surface area contributed by atoms with Gasteiger partial charge in [-0.2, -0.15) is 0 Å². The first-order valence-electron chi connectivity index (χ1n) is 10.5. The maximum Gasteiger partial charge on any atom is 0.340 e. The number of amides is 1. The summed E-state index contributed by atoms with van der Waals surface area (Å²) >= 11 is 0. The number of furan rings is 1. The van der Waals surface area contributed by atoms with Crippen LogP contribution in [-0.4, -0.2) is 81.0 Å². The summed E-state index contributed by atoms with van der Waals surface area (Å²) in [5, 5.41) is 49.6. The van der Waals surface area contributed by atoms with Gasteiger partial charge in [-0.05, 0) is 38.0 Å². The Kier molecular flexibility index (Phi) is 7.25. The van der Waals surface area contributed by atoms with E-state index in [0.717, 1.165) is 21.6 Å². The minimum absolute atomic E-state index is 0.169. The number of carbonyl (C=O) groups is 1. The molecule has 33 heavy (non-hydrogen) atoms. The van der Waals surface area contributed by atoms with Crippen LogP contribution in [0.3, 0.4) is 0 Å². The van der Waals surface area contributed by atoms with Gasteiger partial charge >= 0.3 is 5.63 Å². The lowest BCUT2D eigenvalue weighted by atomic mass is 10.0. The zero-order valence-corrected chi connectivity index (χ0v) is 18.9. The Labute approximate surface area is 189 Å². The van der Waals surface area contributed by atoms with Crippen molar-refractivity contribution in [1.82, 2.24) is 4.90 Å². The predicted octanol–water partition coefficient (Wildman–Crippen LogP) is -0.0987. The average Bonchev–Trinajstić information content (AvgIpc) is 3.06. The summed E-state index contributed by atoms with van der Waals surface area (Å²) < 4.78 is 11.1. The Balaban J connectivity index is 1.83. The summed E-state index contributed by atoms with van der Waals surface area (Å²) in [5.41, 5.74) is 2.01. The summed E-state index contributed by atoms with van der Waals surface area (Å²) in [6.45, 7) is 4.32. The zero-order valence-electron chi connectivity index (χ0n) is 18.9. The molecule has 2 heterocycles. The van der Waals surface area contributed by atoms with E-state index in [0.29, 0.717) is 22.1 Å². The van der Waals surface area contributed by atoms with Crippen LogP contribution in [0.1, 0.15) is 22.5 Å². The smallest absolute Gasteiger partial charge is 0.340 e. The van der Waals surface area contributed by atoms with Crippen LogP contribution in [0, 0.1) is 20.8 Å². The first-order valence-corrected chi connectivity index (χ1v) is 10.5. The first kappa shape index (κ1) is 24.9. The highest BCUT2D eigenvalue weighted by Crippen LogP contribution is 2.31. The molecule has 10 nitrogen and oxygen atoms in total. The Morgan fingerprint density at radius 1 is 0.939 bits per heavy atom. The number of aliphatic hydroxyl groups is 5. The molecule has 1 aromatic carbocycles. The van der Waals surface area contributed by atoms with Gasteiger partial charge in [0.1, 0.15) is 41.3 Å². The van der Waals surface area contributed by atoms with Gasteiger partial charge in [0.2, 0.25) is 5.91 Å². The Hall–Kier alpha value is -2.76. The van der Waals surface area contributed by atoms with Gasteiger partial charge in [0, 0.05) is 30.4 Å². The van der Waals surface area contributed by atoms with E-state index in [4.69, 9.17) is 13.9 Å². The standard InChI is InChI=1S/C23H29NO9/c1-10-12(3)32-18-7-19-14(5-13(10)18)11(2)15(23(31)33-19)6-20(28)24(4)8-16(26)21(29)22(30)17(27)9-25/h5,7,16-17,21-22,25-27,29-30H,6,8-9H2,1-4H3/t16-,17+,21-,22-/m0/s1. The first-order chi connectivity index (χ1) is 15.5. The maximum absolute atomic E-state index is 12.7. The van der Waals surface area contributed by atoms with Crippen molar-refractivity contribution in [2.45, 2.75) is 51.6 Å². The van der Waals surface area contributed by atoms with E-state index in [1.165, 1.54) is 7.05 Å². The minimum Gasteiger partial charge on any atom is -0.461 e. The van der Waals surface area contributed by atoms with Crippen LogP contribution in [0.4, 0.5) is 0 Å². The molecule has 2 aromatic heterocycles. The number of rotatable bonds is 8. The summed E-state index contributed by atoms with van der Waals surface area (Å²) in [6.07, 6.45) is -7.12. The van der Waals surface area contributed by atoms with Crippen LogP contribution in [0.2, 0.25) is 0 Å². The normalized spacial score (nSPS) is 15.5. The second-order valence-electron chi connectivity index (χ2n) is 8.37. The number of hydrogen-bond acceptors (Lipinski definition) is 9. The van der Waals surface area contributed by atoms with E-state index < -0.39 is 42.6 Å². The molecule has 1 amide bonds. The molecule has 10 heteroatoms. The number of likely N-dealkylation sites (N-methyl/N-ethyl adjacent to an activating group) is 1. The summed E-state index contributed by atoms with van der Waals surface area (Å²) in [5.74, 6) is 0.235. The lowest BCUT2D eigenvalue weighted by Gasteiger charge is -2.28. The summed E-state index contributed by atoms with van der Waals surface area (Å²) in [6, 6.07) is 3.51. The number of benzene rings is 1. The molecule has 3 aromatic rings. The molecule has 4 atom stereocenters. The van der Waals surface area contributed by atoms with Crippen LogP contribution in [0.15, 0.2) is 25.8 Å². The van der Waals surface area contributed by atoms with Crippen molar-refractivity contribution in [1.29, 1.82) is 0 Å². The molecule has 5 N–H and O–H groups in total. The molecule has 0 unspecified atom stereocenters. The number of carbonyl (C=O) groups excluding carboxylic acids is 1. The number of aliphatic hydroxyl groups excluding tert-OH is 5. The lowest BCUT2D eigenvalue weighted by molar-refractivity contribution is -0.137. The quantitative estimate of drug-likeness (QED) is 0.287. The fraction of sp³-hybridized carbons (Fsp3) is 0.478. The largest absolute Gasteiger partial charge is 0.461 e. The molecule has 0 aliphatic heterocycles. The number of aryl methyl sites for hydroxylation is 3. The lowest BCUT2D eigenvalue weighted by Crippen LogP contribution is -2.50. The van der Waals surface area contributed by atoms with E-state index in [9.17, 15) is 30.0 Å². The molecule has 0 fully saturated rings. The molecule has 0 spiro atoms. The zero-order chi connectivity index (χ0) is 24.6. The van der Waals surface area contributed by atoms with Gasteiger partial charge < -0.3 is 39.3 Å². The molecule has 0 aliphatic carbocycles. The molecule has 0 aliphatic rings. The number of hydrogen-bond donors (Lipinski definition) is 5. The van der Waals surface area contributed by atoms with Gasteiger partial charge in [-0.1, -0.05) is 0 Å². The minimum atomic E-state index is -1.80. The molecule has 0 radical (unpaired) electrons. The highest BCUT2D eigenvalue weighted by atomic mass is 16.4. The van der Waals surface area contributed by atoms with Gasteiger partial charge in [-0.3, -0.25) is 4.79 Å². The number of fused-ring (bicyclic) bond motifs is 2. The SMILES string of the molecule is Cc1oc2cc3oc(=O)c(CC(=O)N(C)C[C@H](O)[C@H](O)[C@@H](O)[C@H](O)CO)c(C)c3cc2c1C. The van der Waals surface area contributed by atoms with Gasteiger partial charge in [0.15, 0.2) is 0 Å². The van der Waals surface area contributed by atoms with E-state index in [-0.39, 0.29) is 18.5 Å². The van der Waals surface area contributed by atoms with Crippen molar-refractivity contribution >= 4 is 27.8 Å². The topological polar surface area (TPSA) is 165 Å². The Bertz CT molecular complexity index is 1230. The van der Waals surface area contributed by atoms with Crippen molar-refractivity contribution in [3.05, 3.63) is 45.0 Å². The predicted molar refractivity (Wildman–Crippen MR) is 119 cm³/mol. The molecule has 0 bridgehead atoms. The van der Waals surface area contributed by atoms with Crippen LogP contribution in [0.5, 0.6) is 0 Å². The summed E-state index contributed by atoms with van der Waals surface area (Å²) in [4.78, 5) is 26.4. The summed E-state index contributed by atoms with van der Waals surface area (Å²) in [7, 11) is 1.37. The van der Waals surface area contributed by atoms with Crippen molar-refractivity contribution in [2.24, 2.45) is 0 Å². The maximum atomic E-state index is 12.7. The van der Waals surface area contributed by atoms with Crippen LogP contribution in [-0.2, 0) is 11.2 Å². The van der Waals surface area contributed by atoms with Gasteiger partial charge in [-0.25, -0.2) is 4.79 Å². The monoisotopic (exact) mass is 463 g/mol. The van der Waals surface area contributed by atoms with Crippen LogP contribution >= 0.6 is 0 Å². The van der Waals surface area contributed by atoms with Crippen molar-refractivity contribution in [2.75, 3.05) is 20.2 Å². The third kappa shape index (κ3) is 4.80. The van der Waals surface area contributed by atoms with Crippen molar-refractivity contribution in [3.63, 3.8) is 0 Å². The Morgan fingerprint density at radius 3 is 2.15 bits per heavy atom. The average molecular weight is 463 g/mol. The molecule has 0 saturated carbocycles.